The second-order valence-electron chi connectivity index (χ2n) is 11.5. The fourth-order valence-electron chi connectivity index (χ4n) is 5.80. The summed E-state index contributed by atoms with van der Waals surface area (Å²) in [6.07, 6.45) is 6.63. The Morgan fingerprint density at radius 3 is 2.38 bits per heavy atom. The maximum Gasteiger partial charge on any atom is 0.251 e. The van der Waals surface area contributed by atoms with E-state index in [0.717, 1.165) is 55.6 Å². The zero-order chi connectivity index (χ0) is 29.0. The molecular weight excluding hydrogens is 524 g/mol. The van der Waals surface area contributed by atoms with E-state index < -0.39 is 0 Å². The van der Waals surface area contributed by atoms with Crippen molar-refractivity contribution < 1.29 is 14.3 Å². The summed E-state index contributed by atoms with van der Waals surface area (Å²) >= 11 is 0. The Labute approximate surface area is 250 Å². The summed E-state index contributed by atoms with van der Waals surface area (Å²) in [5.74, 6) is 0.632. The second kappa shape index (κ2) is 15.5. The molecule has 0 spiro atoms. The third-order valence-electron chi connectivity index (χ3n) is 8.14. The van der Waals surface area contributed by atoms with E-state index >= 15 is 0 Å². The summed E-state index contributed by atoms with van der Waals surface area (Å²) < 4.78 is 6.27. The number of nitrogens with zero attached hydrogens (tertiary/aromatic N) is 2. The number of benzene rings is 3. The fourth-order valence-corrected chi connectivity index (χ4v) is 5.80. The predicted octanol–water partition coefficient (Wildman–Crippen LogP) is 5.28. The molecule has 0 bridgehead atoms. The van der Waals surface area contributed by atoms with Gasteiger partial charge in [-0.15, -0.1) is 0 Å². The van der Waals surface area contributed by atoms with Crippen molar-refractivity contribution in [2.24, 2.45) is 0 Å². The summed E-state index contributed by atoms with van der Waals surface area (Å²) in [6, 6.07) is 24.3. The zero-order valence-electron chi connectivity index (χ0n) is 24.7. The van der Waals surface area contributed by atoms with E-state index in [2.05, 4.69) is 50.8 Å². The Hall–Kier alpha value is -3.68. The Bertz CT molecular complexity index is 1310. The first-order chi connectivity index (χ1) is 20.6. The number of hydrogen-bond donors (Lipinski definition) is 2. The average Bonchev–Trinajstić information content (AvgIpc) is 3.02. The topological polar surface area (TPSA) is 73.9 Å². The van der Waals surface area contributed by atoms with Crippen molar-refractivity contribution >= 4 is 11.8 Å². The lowest BCUT2D eigenvalue weighted by molar-refractivity contribution is -0.122. The highest BCUT2D eigenvalue weighted by Gasteiger charge is 2.18. The van der Waals surface area contributed by atoms with Crippen LogP contribution >= 0.6 is 0 Å². The molecule has 2 aliphatic heterocycles. The number of ether oxygens (including phenoxy) is 1. The maximum atomic E-state index is 13.3. The average molecular weight is 569 g/mol. The minimum Gasteiger partial charge on any atom is -0.493 e. The fraction of sp³-hybridized carbons (Fsp3) is 0.429. The maximum absolute atomic E-state index is 13.3. The number of nitrogens with one attached hydrogen (secondary N) is 2. The van der Waals surface area contributed by atoms with Crippen LogP contribution in [0.15, 0.2) is 72.8 Å². The Balaban J connectivity index is 1.29. The van der Waals surface area contributed by atoms with E-state index in [4.69, 9.17) is 4.74 Å². The Morgan fingerprint density at radius 2 is 1.55 bits per heavy atom. The number of carbonyl (C=O) groups excluding carboxylic acids is 2. The van der Waals surface area contributed by atoms with Crippen LogP contribution in [0.1, 0.15) is 71.1 Å². The molecule has 2 heterocycles. The molecule has 2 aliphatic rings. The van der Waals surface area contributed by atoms with Gasteiger partial charge in [0.25, 0.3) is 5.91 Å². The summed E-state index contributed by atoms with van der Waals surface area (Å²) in [5, 5.41) is 6.21. The van der Waals surface area contributed by atoms with Gasteiger partial charge in [-0.05, 0) is 74.0 Å². The van der Waals surface area contributed by atoms with E-state index in [1.165, 1.54) is 24.8 Å². The van der Waals surface area contributed by atoms with Crippen LogP contribution in [0.4, 0.5) is 0 Å². The molecule has 0 radical (unpaired) electrons. The number of hydrogen-bond acceptors (Lipinski definition) is 5. The zero-order valence-corrected chi connectivity index (χ0v) is 24.7. The molecule has 0 atom stereocenters. The molecule has 2 amide bonds. The van der Waals surface area contributed by atoms with Crippen LogP contribution in [-0.4, -0.2) is 54.4 Å². The van der Waals surface area contributed by atoms with Crippen LogP contribution in [-0.2, 0) is 31.0 Å². The van der Waals surface area contributed by atoms with Crippen molar-refractivity contribution in [3.05, 3.63) is 101 Å². The number of rotatable bonds is 7. The van der Waals surface area contributed by atoms with Crippen LogP contribution < -0.4 is 15.4 Å². The molecule has 3 aromatic rings. The normalized spacial score (nSPS) is 17.5. The van der Waals surface area contributed by atoms with E-state index in [9.17, 15) is 9.59 Å². The predicted molar refractivity (Wildman–Crippen MR) is 166 cm³/mol. The molecule has 3 aromatic carbocycles. The van der Waals surface area contributed by atoms with Crippen molar-refractivity contribution in [3.8, 4) is 5.75 Å². The van der Waals surface area contributed by atoms with Gasteiger partial charge in [0.1, 0.15) is 5.75 Å². The molecule has 1 fully saturated rings. The van der Waals surface area contributed by atoms with Gasteiger partial charge in [0.2, 0.25) is 5.91 Å². The Morgan fingerprint density at radius 1 is 0.786 bits per heavy atom. The lowest BCUT2D eigenvalue weighted by Crippen LogP contribution is -2.37. The number of carbonyl (C=O) groups is 2. The number of fused-ring (bicyclic) bond motifs is 1. The highest BCUT2D eigenvalue weighted by molar-refractivity contribution is 5.94. The van der Waals surface area contributed by atoms with Crippen molar-refractivity contribution in [3.63, 3.8) is 0 Å². The first-order valence-electron chi connectivity index (χ1n) is 15.5. The highest BCUT2D eigenvalue weighted by Crippen LogP contribution is 2.24. The van der Waals surface area contributed by atoms with Gasteiger partial charge in [-0.2, -0.15) is 0 Å². The lowest BCUT2D eigenvalue weighted by Gasteiger charge is -2.27. The van der Waals surface area contributed by atoms with E-state index in [1.54, 1.807) is 0 Å². The molecular formula is C35H44N4O3. The third-order valence-corrected chi connectivity index (χ3v) is 8.14. The van der Waals surface area contributed by atoms with Gasteiger partial charge in [-0.3, -0.25) is 19.4 Å². The molecule has 42 heavy (non-hydrogen) atoms. The molecule has 1 saturated heterocycles. The van der Waals surface area contributed by atoms with Gasteiger partial charge in [0.05, 0.1) is 13.2 Å². The van der Waals surface area contributed by atoms with Gasteiger partial charge in [0, 0.05) is 43.9 Å². The molecule has 0 unspecified atom stereocenters. The molecule has 7 heteroatoms. The number of piperidine rings is 1. The Kier molecular flexibility index (Phi) is 11.0. The molecule has 0 aromatic heterocycles. The molecule has 2 N–H and O–H groups in total. The minimum atomic E-state index is -0.113. The summed E-state index contributed by atoms with van der Waals surface area (Å²) in [5.41, 5.74) is 5.14. The summed E-state index contributed by atoms with van der Waals surface area (Å²) in [6.45, 7) is 6.44. The van der Waals surface area contributed by atoms with Crippen LogP contribution in [0.3, 0.4) is 0 Å². The number of amides is 2. The van der Waals surface area contributed by atoms with Crippen LogP contribution in [0.2, 0.25) is 0 Å². The van der Waals surface area contributed by atoms with E-state index in [1.807, 2.05) is 42.5 Å². The van der Waals surface area contributed by atoms with Crippen LogP contribution in [0.25, 0.3) is 0 Å². The monoisotopic (exact) mass is 568 g/mol. The van der Waals surface area contributed by atoms with Gasteiger partial charge in [0.15, 0.2) is 0 Å². The third kappa shape index (κ3) is 8.91. The molecule has 222 valence electrons. The SMILES string of the molecule is O=C1CN(Cc2ccccc2)Cc2ccc(C(=O)NCc3ccccc3CN3CCCCC3)cc2OCCCCCN1. The van der Waals surface area contributed by atoms with Crippen molar-refractivity contribution in [1.29, 1.82) is 0 Å². The molecule has 7 nitrogen and oxygen atoms in total. The van der Waals surface area contributed by atoms with E-state index in [-0.39, 0.29) is 11.8 Å². The van der Waals surface area contributed by atoms with E-state index in [0.29, 0.717) is 50.6 Å². The van der Waals surface area contributed by atoms with Gasteiger partial charge < -0.3 is 15.4 Å². The number of likely N-dealkylation sites (tertiary alicyclic amines) is 1. The lowest BCUT2D eigenvalue weighted by atomic mass is 10.0. The second-order valence-corrected chi connectivity index (χ2v) is 11.5. The van der Waals surface area contributed by atoms with Crippen molar-refractivity contribution in [1.82, 2.24) is 20.4 Å². The standard InChI is InChI=1S/C35H44N4O3/c40-34-27-39(24-28-12-4-1-5-13-28)26-32-17-16-29(22-33(32)42-21-11-2-8-18-36-34)35(41)37-23-30-14-6-7-15-31(30)25-38-19-9-3-10-20-38/h1,4-7,12-17,22H,2-3,8-11,18-21,23-27H2,(H,36,40)(H,37,41). The van der Waals surface area contributed by atoms with Crippen molar-refractivity contribution in [2.45, 2.75) is 64.7 Å². The minimum absolute atomic E-state index is 0.0317. The van der Waals surface area contributed by atoms with Gasteiger partial charge in [-0.25, -0.2) is 0 Å². The smallest absolute Gasteiger partial charge is 0.251 e. The largest absolute Gasteiger partial charge is 0.493 e. The molecule has 0 aliphatic carbocycles. The highest BCUT2D eigenvalue weighted by atomic mass is 16.5. The van der Waals surface area contributed by atoms with Crippen LogP contribution in [0.5, 0.6) is 5.75 Å². The first-order valence-corrected chi connectivity index (χ1v) is 15.5. The van der Waals surface area contributed by atoms with Crippen LogP contribution in [0, 0.1) is 0 Å². The summed E-state index contributed by atoms with van der Waals surface area (Å²) in [7, 11) is 0. The first kappa shape index (κ1) is 29.8. The quantitative estimate of drug-likeness (QED) is 0.406. The van der Waals surface area contributed by atoms with Gasteiger partial charge >= 0.3 is 0 Å². The van der Waals surface area contributed by atoms with Gasteiger partial charge in [-0.1, -0.05) is 67.1 Å². The molecule has 0 saturated carbocycles. The summed E-state index contributed by atoms with van der Waals surface area (Å²) in [4.78, 5) is 30.7. The van der Waals surface area contributed by atoms with Crippen molar-refractivity contribution in [2.75, 3.05) is 32.8 Å². The molecule has 5 rings (SSSR count).